The van der Waals surface area contributed by atoms with Crippen molar-refractivity contribution in [1.82, 2.24) is 14.8 Å². The number of thioether (sulfide) groups is 1. The first-order valence-corrected chi connectivity index (χ1v) is 11.2. The number of ether oxygens (including phenoxy) is 1. The second-order valence-electron chi connectivity index (χ2n) is 6.70. The third-order valence-corrected chi connectivity index (χ3v) is 5.76. The third-order valence-electron chi connectivity index (χ3n) is 4.27. The Morgan fingerprint density at radius 1 is 1.23 bits per heavy atom. The van der Waals surface area contributed by atoms with Crippen molar-refractivity contribution in [3.63, 3.8) is 0 Å². The predicted octanol–water partition coefficient (Wildman–Crippen LogP) is 5.15. The van der Waals surface area contributed by atoms with Gasteiger partial charge in [-0.2, -0.15) is 0 Å². The minimum atomic E-state index is -0.108. The Morgan fingerprint density at radius 3 is 2.73 bits per heavy atom. The van der Waals surface area contributed by atoms with Crippen molar-refractivity contribution in [1.29, 1.82) is 0 Å². The molecule has 0 saturated heterocycles. The highest BCUT2D eigenvalue weighted by Crippen LogP contribution is 2.22. The number of hydrogen-bond donors (Lipinski definition) is 1. The summed E-state index contributed by atoms with van der Waals surface area (Å²) in [6.07, 6.45) is 1.77. The van der Waals surface area contributed by atoms with Gasteiger partial charge in [-0.15, -0.1) is 16.8 Å². The first kappa shape index (κ1) is 22.1. The second-order valence-corrected chi connectivity index (χ2v) is 8.56. The van der Waals surface area contributed by atoms with Crippen LogP contribution in [-0.2, 0) is 17.9 Å². The first-order chi connectivity index (χ1) is 14.5. The van der Waals surface area contributed by atoms with E-state index in [1.54, 1.807) is 6.08 Å². The monoisotopic (exact) mass is 486 g/mol. The molecular weight excluding hydrogens is 464 g/mol. The maximum atomic E-state index is 12.3. The fourth-order valence-corrected chi connectivity index (χ4v) is 3.74. The predicted molar refractivity (Wildman–Crippen MR) is 124 cm³/mol. The summed E-state index contributed by atoms with van der Waals surface area (Å²) in [6.45, 7) is 8.67. The van der Waals surface area contributed by atoms with Gasteiger partial charge >= 0.3 is 0 Å². The zero-order valence-corrected chi connectivity index (χ0v) is 19.3. The lowest BCUT2D eigenvalue weighted by atomic mass is 10.1. The van der Waals surface area contributed by atoms with Crippen LogP contribution in [0, 0.1) is 13.8 Å². The zero-order valence-electron chi connectivity index (χ0n) is 16.9. The van der Waals surface area contributed by atoms with Crippen LogP contribution in [0.2, 0.25) is 0 Å². The molecule has 1 heterocycles. The molecule has 3 rings (SSSR count). The Bertz CT molecular complexity index is 1030. The first-order valence-electron chi connectivity index (χ1n) is 9.37. The van der Waals surface area contributed by atoms with Crippen molar-refractivity contribution >= 4 is 39.3 Å². The molecule has 3 aromatic rings. The van der Waals surface area contributed by atoms with Crippen molar-refractivity contribution in [3.8, 4) is 5.75 Å². The standard InChI is InChI=1S/C22H23BrN4O2S/c1-4-11-27-20(13-29-19-12-15(2)5-6-16(19)3)25-26-22(27)30-14-21(28)24-18-9-7-17(23)8-10-18/h4-10,12H,1,11,13-14H2,2-3H3,(H,24,28). The number of aryl methyl sites for hydroxylation is 2. The third kappa shape index (κ3) is 5.96. The molecule has 8 heteroatoms. The number of aromatic nitrogens is 3. The van der Waals surface area contributed by atoms with Gasteiger partial charge in [0.25, 0.3) is 0 Å². The summed E-state index contributed by atoms with van der Waals surface area (Å²) in [5.74, 6) is 1.63. The van der Waals surface area contributed by atoms with E-state index in [2.05, 4.69) is 44.1 Å². The van der Waals surface area contributed by atoms with E-state index in [4.69, 9.17) is 4.74 Å². The van der Waals surface area contributed by atoms with Crippen LogP contribution in [0.4, 0.5) is 5.69 Å². The van der Waals surface area contributed by atoms with Crippen LogP contribution >= 0.6 is 27.7 Å². The number of benzene rings is 2. The number of carbonyl (C=O) groups is 1. The Hall–Kier alpha value is -2.58. The SMILES string of the molecule is C=CCn1c(COc2cc(C)ccc2C)nnc1SCC(=O)Nc1ccc(Br)cc1. The van der Waals surface area contributed by atoms with Gasteiger partial charge in [0, 0.05) is 16.7 Å². The Kier molecular flexibility index (Phi) is 7.70. The molecule has 0 radical (unpaired) electrons. The number of rotatable bonds is 9. The molecule has 2 aromatic carbocycles. The lowest BCUT2D eigenvalue weighted by Gasteiger charge is -2.11. The molecule has 30 heavy (non-hydrogen) atoms. The second kappa shape index (κ2) is 10.4. The number of halogens is 1. The molecule has 0 aliphatic carbocycles. The van der Waals surface area contributed by atoms with E-state index in [-0.39, 0.29) is 18.3 Å². The number of anilines is 1. The summed E-state index contributed by atoms with van der Waals surface area (Å²) in [6, 6.07) is 13.5. The Morgan fingerprint density at radius 2 is 2.00 bits per heavy atom. The van der Waals surface area contributed by atoms with Crippen molar-refractivity contribution in [2.24, 2.45) is 0 Å². The van der Waals surface area contributed by atoms with E-state index in [0.29, 0.717) is 17.5 Å². The van der Waals surface area contributed by atoms with Crippen LogP contribution in [-0.4, -0.2) is 26.4 Å². The summed E-state index contributed by atoms with van der Waals surface area (Å²) in [5, 5.41) is 12.0. The van der Waals surface area contributed by atoms with Gasteiger partial charge < -0.3 is 10.1 Å². The molecule has 1 N–H and O–H groups in total. The van der Waals surface area contributed by atoms with Crippen LogP contribution < -0.4 is 10.1 Å². The van der Waals surface area contributed by atoms with Gasteiger partial charge in [-0.25, -0.2) is 0 Å². The highest BCUT2D eigenvalue weighted by molar-refractivity contribution is 9.10. The van der Waals surface area contributed by atoms with Gasteiger partial charge in [0.05, 0.1) is 5.75 Å². The van der Waals surface area contributed by atoms with E-state index in [1.165, 1.54) is 11.8 Å². The lowest BCUT2D eigenvalue weighted by molar-refractivity contribution is -0.113. The molecule has 1 amide bonds. The molecule has 156 valence electrons. The van der Waals surface area contributed by atoms with Crippen molar-refractivity contribution < 1.29 is 9.53 Å². The number of hydrogen-bond acceptors (Lipinski definition) is 5. The Labute approximate surface area is 188 Å². The maximum absolute atomic E-state index is 12.3. The maximum Gasteiger partial charge on any atom is 0.234 e. The van der Waals surface area contributed by atoms with Crippen molar-refractivity contribution in [3.05, 3.63) is 76.5 Å². The fourth-order valence-electron chi connectivity index (χ4n) is 2.71. The average molecular weight is 487 g/mol. The summed E-state index contributed by atoms with van der Waals surface area (Å²) >= 11 is 4.71. The van der Waals surface area contributed by atoms with Gasteiger partial charge in [0.15, 0.2) is 11.0 Å². The molecule has 0 aliphatic heterocycles. The summed E-state index contributed by atoms with van der Waals surface area (Å²) < 4.78 is 8.84. The van der Waals surface area contributed by atoms with Gasteiger partial charge in [0.1, 0.15) is 12.4 Å². The minimum Gasteiger partial charge on any atom is -0.485 e. The topological polar surface area (TPSA) is 69.0 Å². The quantitative estimate of drug-likeness (QED) is 0.334. The smallest absolute Gasteiger partial charge is 0.234 e. The van der Waals surface area contributed by atoms with Crippen LogP contribution in [0.3, 0.4) is 0 Å². The fraction of sp³-hybridized carbons (Fsp3) is 0.227. The van der Waals surface area contributed by atoms with Crippen LogP contribution in [0.25, 0.3) is 0 Å². The number of carbonyl (C=O) groups excluding carboxylic acids is 1. The molecule has 0 saturated carbocycles. The molecule has 0 atom stereocenters. The normalized spacial score (nSPS) is 10.6. The summed E-state index contributed by atoms with van der Waals surface area (Å²) in [4.78, 5) is 12.3. The largest absolute Gasteiger partial charge is 0.485 e. The van der Waals surface area contributed by atoms with E-state index >= 15 is 0 Å². The molecule has 0 fully saturated rings. The molecule has 1 aromatic heterocycles. The zero-order chi connectivity index (χ0) is 21.5. The minimum absolute atomic E-state index is 0.108. The highest BCUT2D eigenvalue weighted by atomic mass is 79.9. The van der Waals surface area contributed by atoms with Gasteiger partial charge in [-0.05, 0) is 55.3 Å². The molecule has 0 bridgehead atoms. The molecule has 0 spiro atoms. The lowest BCUT2D eigenvalue weighted by Crippen LogP contribution is -2.15. The Balaban J connectivity index is 1.63. The number of nitrogens with one attached hydrogen (secondary N) is 1. The van der Waals surface area contributed by atoms with E-state index in [9.17, 15) is 4.79 Å². The molecular formula is C22H23BrN4O2S. The van der Waals surface area contributed by atoms with Crippen LogP contribution in [0.1, 0.15) is 17.0 Å². The number of nitrogens with zero attached hydrogens (tertiary/aromatic N) is 3. The van der Waals surface area contributed by atoms with E-state index < -0.39 is 0 Å². The molecule has 6 nitrogen and oxygen atoms in total. The van der Waals surface area contributed by atoms with E-state index in [0.717, 1.165) is 27.0 Å². The van der Waals surface area contributed by atoms with Crippen molar-refractivity contribution in [2.75, 3.05) is 11.1 Å². The van der Waals surface area contributed by atoms with Crippen LogP contribution in [0.5, 0.6) is 5.75 Å². The van der Waals surface area contributed by atoms with Crippen LogP contribution in [0.15, 0.2) is 64.7 Å². The molecule has 0 aliphatic rings. The van der Waals surface area contributed by atoms with Crippen molar-refractivity contribution in [2.45, 2.75) is 32.2 Å². The number of allylic oxidation sites excluding steroid dienone is 1. The van der Waals surface area contributed by atoms with E-state index in [1.807, 2.05) is 54.8 Å². The summed E-state index contributed by atoms with van der Waals surface area (Å²) in [7, 11) is 0. The number of amides is 1. The van der Waals surface area contributed by atoms with Gasteiger partial charge in [-0.3, -0.25) is 9.36 Å². The highest BCUT2D eigenvalue weighted by Gasteiger charge is 2.14. The van der Waals surface area contributed by atoms with Gasteiger partial charge in [0.2, 0.25) is 5.91 Å². The summed E-state index contributed by atoms with van der Waals surface area (Å²) in [5.41, 5.74) is 2.95. The average Bonchev–Trinajstić information content (AvgIpc) is 3.11. The molecule has 0 unspecified atom stereocenters. The van der Waals surface area contributed by atoms with Gasteiger partial charge in [-0.1, -0.05) is 45.9 Å².